The maximum absolute atomic E-state index is 14.2. The van der Waals surface area contributed by atoms with Crippen LogP contribution >= 0.6 is 11.6 Å². The third-order valence-corrected chi connectivity index (χ3v) is 7.60. The molecule has 0 saturated carbocycles. The van der Waals surface area contributed by atoms with Gasteiger partial charge in [-0.05, 0) is 43.8 Å². The van der Waals surface area contributed by atoms with Gasteiger partial charge in [0.1, 0.15) is 5.60 Å². The van der Waals surface area contributed by atoms with Crippen molar-refractivity contribution in [2.45, 2.75) is 31.9 Å². The van der Waals surface area contributed by atoms with Crippen molar-refractivity contribution >= 4 is 34.3 Å². The standard InChI is InChI=1S/C29H25ClN2O3/c1-18-25(21-9-5-6-10-24(21)32(18)17-19-7-3-2-4-8-19)27(33)22-15-20(30)16-23-26(22)28(34)35-29(23)11-13-31-14-12-29/h2-10,15-16,31H,11-14,17H2,1H3. The summed E-state index contributed by atoms with van der Waals surface area (Å²) in [5, 5.41) is 4.62. The predicted octanol–water partition coefficient (Wildman–Crippen LogP) is 5.63. The lowest BCUT2D eigenvalue weighted by Crippen LogP contribution is -2.40. The van der Waals surface area contributed by atoms with Gasteiger partial charge in [0.05, 0.1) is 11.1 Å². The first-order valence-corrected chi connectivity index (χ1v) is 12.3. The second-order valence-corrected chi connectivity index (χ2v) is 9.82. The van der Waals surface area contributed by atoms with E-state index in [4.69, 9.17) is 16.3 Å². The van der Waals surface area contributed by atoms with Gasteiger partial charge in [-0.3, -0.25) is 4.79 Å². The number of ketones is 1. The number of nitrogens with one attached hydrogen (secondary N) is 1. The zero-order chi connectivity index (χ0) is 24.2. The van der Waals surface area contributed by atoms with E-state index in [1.165, 1.54) is 0 Å². The average Bonchev–Trinajstić information content (AvgIpc) is 3.29. The Morgan fingerprint density at radius 3 is 2.54 bits per heavy atom. The van der Waals surface area contributed by atoms with E-state index in [1.807, 2.05) is 49.4 Å². The summed E-state index contributed by atoms with van der Waals surface area (Å²) in [4.78, 5) is 27.3. The normalized spacial score (nSPS) is 16.5. The molecule has 1 aromatic heterocycles. The highest BCUT2D eigenvalue weighted by Crippen LogP contribution is 2.46. The number of para-hydroxylation sites is 1. The molecule has 176 valence electrons. The van der Waals surface area contributed by atoms with E-state index in [2.05, 4.69) is 22.0 Å². The Labute approximate surface area is 208 Å². The summed E-state index contributed by atoms with van der Waals surface area (Å²) in [5.41, 5.74) is 4.29. The summed E-state index contributed by atoms with van der Waals surface area (Å²) in [6.07, 6.45) is 1.32. The predicted molar refractivity (Wildman–Crippen MR) is 136 cm³/mol. The van der Waals surface area contributed by atoms with Crippen molar-refractivity contribution < 1.29 is 14.3 Å². The number of carbonyl (C=O) groups excluding carboxylic acids is 2. The second-order valence-electron chi connectivity index (χ2n) is 9.39. The molecule has 6 rings (SSSR count). The highest BCUT2D eigenvalue weighted by molar-refractivity contribution is 6.32. The molecule has 6 heteroatoms. The first-order chi connectivity index (χ1) is 17.0. The Balaban J connectivity index is 1.52. The minimum absolute atomic E-state index is 0.202. The number of aromatic nitrogens is 1. The molecule has 0 radical (unpaired) electrons. The zero-order valence-corrected chi connectivity index (χ0v) is 20.2. The topological polar surface area (TPSA) is 60.3 Å². The van der Waals surface area contributed by atoms with Crippen LogP contribution in [0.4, 0.5) is 0 Å². The number of hydrogen-bond acceptors (Lipinski definition) is 4. The van der Waals surface area contributed by atoms with Crippen LogP contribution in [-0.2, 0) is 16.9 Å². The quantitative estimate of drug-likeness (QED) is 0.301. The highest BCUT2D eigenvalue weighted by atomic mass is 35.5. The van der Waals surface area contributed by atoms with E-state index in [0.717, 1.165) is 40.8 Å². The van der Waals surface area contributed by atoms with E-state index < -0.39 is 11.6 Å². The van der Waals surface area contributed by atoms with Gasteiger partial charge in [0, 0.05) is 52.1 Å². The van der Waals surface area contributed by atoms with Gasteiger partial charge in [0.15, 0.2) is 5.78 Å². The molecule has 0 aliphatic carbocycles. The monoisotopic (exact) mass is 484 g/mol. The maximum Gasteiger partial charge on any atom is 0.340 e. The lowest BCUT2D eigenvalue weighted by molar-refractivity contribution is -0.0242. The van der Waals surface area contributed by atoms with E-state index in [9.17, 15) is 9.59 Å². The Morgan fingerprint density at radius 2 is 1.77 bits per heavy atom. The summed E-state index contributed by atoms with van der Waals surface area (Å²) < 4.78 is 8.11. The van der Waals surface area contributed by atoms with Crippen LogP contribution in [0.5, 0.6) is 0 Å². The van der Waals surface area contributed by atoms with E-state index in [0.29, 0.717) is 41.1 Å². The van der Waals surface area contributed by atoms with Crippen LogP contribution < -0.4 is 5.32 Å². The molecule has 35 heavy (non-hydrogen) atoms. The van der Waals surface area contributed by atoms with Crippen molar-refractivity contribution in [2.24, 2.45) is 0 Å². The number of halogens is 1. The van der Waals surface area contributed by atoms with Crippen LogP contribution in [0.2, 0.25) is 5.02 Å². The van der Waals surface area contributed by atoms with Crippen molar-refractivity contribution in [1.82, 2.24) is 9.88 Å². The Kier molecular flexibility index (Phi) is 5.28. The van der Waals surface area contributed by atoms with Crippen molar-refractivity contribution in [3.8, 4) is 0 Å². The largest absolute Gasteiger partial charge is 0.450 e. The minimum Gasteiger partial charge on any atom is -0.450 e. The molecule has 2 aliphatic rings. The van der Waals surface area contributed by atoms with E-state index in [-0.39, 0.29) is 5.78 Å². The Bertz CT molecular complexity index is 1480. The van der Waals surface area contributed by atoms with Gasteiger partial charge in [-0.15, -0.1) is 0 Å². The van der Waals surface area contributed by atoms with Crippen molar-refractivity contribution in [3.05, 3.63) is 105 Å². The van der Waals surface area contributed by atoms with E-state index in [1.54, 1.807) is 12.1 Å². The fourth-order valence-electron chi connectivity index (χ4n) is 5.67. The third-order valence-electron chi connectivity index (χ3n) is 7.38. The van der Waals surface area contributed by atoms with Crippen LogP contribution in [0.1, 0.15) is 55.9 Å². The van der Waals surface area contributed by atoms with Crippen LogP contribution in [0.15, 0.2) is 66.7 Å². The highest BCUT2D eigenvalue weighted by Gasteiger charge is 2.48. The molecule has 1 fully saturated rings. The zero-order valence-electron chi connectivity index (χ0n) is 19.4. The molecule has 0 atom stereocenters. The molecule has 1 saturated heterocycles. The molecular formula is C29H25ClN2O3. The molecule has 1 spiro atoms. The van der Waals surface area contributed by atoms with Gasteiger partial charge >= 0.3 is 5.97 Å². The molecule has 1 N–H and O–H groups in total. The molecule has 4 aromatic rings. The second kappa shape index (κ2) is 8.36. The molecule has 0 bridgehead atoms. The summed E-state index contributed by atoms with van der Waals surface area (Å²) >= 11 is 6.54. The Morgan fingerprint density at radius 1 is 1.06 bits per heavy atom. The van der Waals surface area contributed by atoms with Crippen LogP contribution in [0, 0.1) is 6.92 Å². The number of esters is 1. The first-order valence-electron chi connectivity index (χ1n) is 11.9. The number of piperidine rings is 1. The molecule has 5 nitrogen and oxygen atoms in total. The summed E-state index contributed by atoms with van der Waals surface area (Å²) in [5.74, 6) is -0.639. The number of rotatable bonds is 4. The smallest absolute Gasteiger partial charge is 0.340 e. The summed E-state index contributed by atoms with van der Waals surface area (Å²) in [6.45, 7) is 4.10. The van der Waals surface area contributed by atoms with Crippen molar-refractivity contribution in [2.75, 3.05) is 13.1 Å². The molecule has 3 heterocycles. The number of ether oxygens (including phenoxy) is 1. The first kappa shape index (κ1) is 22.1. The van der Waals surface area contributed by atoms with Gasteiger partial charge < -0.3 is 14.6 Å². The number of benzene rings is 3. The average molecular weight is 485 g/mol. The van der Waals surface area contributed by atoms with Crippen LogP contribution in [-0.4, -0.2) is 29.4 Å². The SMILES string of the molecule is Cc1c(C(=O)c2cc(Cl)cc3c2C(=O)OC32CCNCC2)c2ccccc2n1Cc1ccccc1. The van der Waals surface area contributed by atoms with Gasteiger partial charge in [0.2, 0.25) is 0 Å². The van der Waals surface area contributed by atoms with E-state index >= 15 is 0 Å². The van der Waals surface area contributed by atoms with Crippen LogP contribution in [0.3, 0.4) is 0 Å². The minimum atomic E-state index is -0.714. The summed E-state index contributed by atoms with van der Waals surface area (Å²) in [7, 11) is 0. The van der Waals surface area contributed by atoms with Gasteiger partial charge in [-0.2, -0.15) is 0 Å². The lowest BCUT2D eigenvalue weighted by Gasteiger charge is -2.33. The molecule has 2 aliphatic heterocycles. The maximum atomic E-state index is 14.2. The van der Waals surface area contributed by atoms with Gasteiger partial charge in [-0.1, -0.05) is 60.1 Å². The number of nitrogens with zero attached hydrogens (tertiary/aromatic N) is 1. The number of hydrogen-bond donors (Lipinski definition) is 1. The van der Waals surface area contributed by atoms with Gasteiger partial charge in [-0.25, -0.2) is 4.79 Å². The molecule has 0 unspecified atom stereocenters. The summed E-state index contributed by atoms with van der Waals surface area (Å²) in [6, 6.07) is 21.5. The Hall–Kier alpha value is -3.41. The number of carbonyl (C=O) groups is 2. The molecule has 0 amide bonds. The van der Waals surface area contributed by atoms with Gasteiger partial charge in [0.25, 0.3) is 0 Å². The fourth-order valence-corrected chi connectivity index (χ4v) is 5.89. The number of fused-ring (bicyclic) bond motifs is 3. The lowest BCUT2D eigenvalue weighted by atomic mass is 9.82. The fraction of sp³-hybridized carbons (Fsp3) is 0.241. The van der Waals surface area contributed by atoms with Crippen molar-refractivity contribution in [3.63, 3.8) is 0 Å². The molecule has 3 aromatic carbocycles. The third kappa shape index (κ3) is 3.49. The molecular weight excluding hydrogens is 460 g/mol. The van der Waals surface area contributed by atoms with Crippen molar-refractivity contribution in [1.29, 1.82) is 0 Å². The van der Waals surface area contributed by atoms with Crippen LogP contribution in [0.25, 0.3) is 10.9 Å².